The highest BCUT2D eigenvalue weighted by atomic mass is 16.5. The van der Waals surface area contributed by atoms with Gasteiger partial charge in [0.05, 0.1) is 31.8 Å². The Bertz CT molecular complexity index is 2060. The van der Waals surface area contributed by atoms with E-state index >= 15 is 0 Å². The normalized spacial score (nSPS) is 29.2. The molecule has 4 heterocycles. The standard InChI is InChI=1S/C42H55N7O7/c1-6-39(53,25-44-19-15-26-24-45-31-14-9-8-12-27(26)31)16-10-13-28(34(50)56-5)29-22-30-32(23-33(29)55-4)48(3)36-41(30)18-21-49-20-11-17-40(7-2,35(41)49)37(51)42(36,54)38(52)46-47-43/h8-9,11-12,14,17,22-24,28,35-37,44-45,51,53-54H,6-7,10,13,15-16,18-21,25H2,1-5H3/t28-,35-,36+,37+,39?,40+,41+,42-/m0/s1. The highest BCUT2D eigenvalue weighted by Gasteiger charge is 2.78. The molecule has 1 aromatic heterocycles. The molecule has 1 amide bonds. The average Bonchev–Trinajstić information content (AvgIpc) is 3.89. The molecule has 0 bridgehead atoms. The van der Waals surface area contributed by atoms with E-state index < -0.39 is 52.0 Å². The molecule has 1 saturated carbocycles. The van der Waals surface area contributed by atoms with Crippen molar-refractivity contribution >= 4 is 28.5 Å². The molecule has 5 N–H and O–H groups in total. The lowest BCUT2D eigenvalue weighted by Gasteiger charge is -2.63. The van der Waals surface area contributed by atoms with Crippen molar-refractivity contribution in [3.63, 3.8) is 0 Å². The third kappa shape index (κ3) is 5.92. The molecule has 8 atom stereocenters. The number of H-pyrrole nitrogens is 1. The Hall–Kier alpha value is -4.43. The summed E-state index contributed by atoms with van der Waals surface area (Å²) in [6.45, 7) is 6.29. The van der Waals surface area contributed by atoms with Crippen molar-refractivity contribution < 1.29 is 34.4 Å². The first-order valence-electron chi connectivity index (χ1n) is 19.8. The molecule has 2 fully saturated rings. The number of benzene rings is 2. The average molecular weight is 770 g/mol. The summed E-state index contributed by atoms with van der Waals surface area (Å²) in [4.78, 5) is 37.7. The zero-order chi connectivity index (χ0) is 40.0. The van der Waals surface area contributed by atoms with Crippen LogP contribution in [0.2, 0.25) is 0 Å². The van der Waals surface area contributed by atoms with Gasteiger partial charge in [-0.25, -0.2) is 0 Å². The van der Waals surface area contributed by atoms with Gasteiger partial charge in [-0.2, -0.15) is 0 Å². The van der Waals surface area contributed by atoms with Crippen LogP contribution < -0.4 is 15.0 Å². The molecule has 1 unspecified atom stereocenters. The Kier molecular flexibility index (Phi) is 10.8. The third-order valence-corrected chi connectivity index (χ3v) is 13.8. The minimum atomic E-state index is -2.45. The van der Waals surface area contributed by atoms with Gasteiger partial charge in [-0.15, -0.1) is 0 Å². The number of azide groups is 1. The zero-order valence-corrected chi connectivity index (χ0v) is 33.0. The van der Waals surface area contributed by atoms with E-state index in [0.717, 1.165) is 17.5 Å². The number of ether oxygens (including phenoxy) is 2. The fraction of sp³-hybridized carbons (Fsp3) is 0.571. The van der Waals surface area contributed by atoms with E-state index in [9.17, 15) is 30.4 Å². The fourth-order valence-electron chi connectivity index (χ4n) is 11.1. The number of hydrogen-bond acceptors (Lipinski definition) is 10. The molecular weight excluding hydrogens is 715 g/mol. The van der Waals surface area contributed by atoms with Crippen molar-refractivity contribution in [1.82, 2.24) is 15.2 Å². The van der Waals surface area contributed by atoms with Gasteiger partial charge in [0.15, 0.2) is 5.60 Å². The topological polar surface area (TPSA) is 196 Å². The van der Waals surface area contributed by atoms with E-state index in [-0.39, 0.29) is 6.04 Å². The Morgan fingerprint density at radius 2 is 2.00 bits per heavy atom. The van der Waals surface area contributed by atoms with Gasteiger partial charge in [0.2, 0.25) is 0 Å². The number of esters is 1. The quantitative estimate of drug-likeness (QED) is 0.0364. The predicted molar refractivity (Wildman–Crippen MR) is 213 cm³/mol. The highest BCUT2D eigenvalue weighted by molar-refractivity contribution is 5.91. The lowest BCUT2D eigenvalue weighted by Crippen LogP contribution is -2.80. The van der Waals surface area contributed by atoms with Gasteiger partial charge in [0.1, 0.15) is 11.9 Å². The Morgan fingerprint density at radius 1 is 1.21 bits per heavy atom. The number of fused-ring (bicyclic) bond motifs is 2. The Morgan fingerprint density at radius 3 is 2.71 bits per heavy atom. The summed E-state index contributed by atoms with van der Waals surface area (Å²) in [7, 11) is 4.67. The number of rotatable bonds is 15. The number of anilines is 1. The molecule has 14 heteroatoms. The maximum Gasteiger partial charge on any atom is 0.313 e. The minimum Gasteiger partial charge on any atom is -0.496 e. The van der Waals surface area contributed by atoms with Crippen LogP contribution in [0.4, 0.5) is 5.69 Å². The summed E-state index contributed by atoms with van der Waals surface area (Å²) in [6, 6.07) is 10.7. The number of aromatic nitrogens is 1. The highest BCUT2D eigenvalue weighted by Crippen LogP contribution is 2.67. The van der Waals surface area contributed by atoms with Crippen molar-refractivity contribution in [3.05, 3.63) is 81.9 Å². The van der Waals surface area contributed by atoms with Crippen LogP contribution in [0.5, 0.6) is 5.75 Å². The largest absolute Gasteiger partial charge is 0.496 e. The number of para-hydroxylation sites is 1. The molecule has 4 aliphatic rings. The Balaban J connectivity index is 1.19. The zero-order valence-electron chi connectivity index (χ0n) is 33.0. The first kappa shape index (κ1) is 39.8. The molecule has 0 radical (unpaired) electrons. The van der Waals surface area contributed by atoms with Crippen molar-refractivity contribution in [1.29, 1.82) is 0 Å². The van der Waals surface area contributed by atoms with Gasteiger partial charge in [0, 0.05) is 76.3 Å². The summed E-state index contributed by atoms with van der Waals surface area (Å²) in [6.07, 6.45) is 8.03. The molecule has 56 heavy (non-hydrogen) atoms. The monoisotopic (exact) mass is 769 g/mol. The summed E-state index contributed by atoms with van der Waals surface area (Å²) < 4.78 is 11.3. The molecule has 300 valence electrons. The van der Waals surface area contributed by atoms with E-state index in [2.05, 4.69) is 37.4 Å². The molecule has 3 aliphatic heterocycles. The number of likely N-dealkylation sites (N-methyl/N-ethyl adjacent to an activating group) is 1. The van der Waals surface area contributed by atoms with Crippen molar-refractivity contribution in [2.45, 2.75) is 99.5 Å². The van der Waals surface area contributed by atoms with Crippen LogP contribution in [0.3, 0.4) is 0 Å². The molecule has 3 aromatic rings. The van der Waals surface area contributed by atoms with E-state index in [1.54, 1.807) is 7.05 Å². The van der Waals surface area contributed by atoms with Crippen molar-refractivity contribution in [2.24, 2.45) is 10.5 Å². The van der Waals surface area contributed by atoms with Gasteiger partial charge in [-0.3, -0.25) is 14.5 Å². The van der Waals surface area contributed by atoms with Crippen LogP contribution in [0.15, 0.2) is 59.9 Å². The molecule has 7 rings (SSSR count). The second kappa shape index (κ2) is 15.1. The van der Waals surface area contributed by atoms with Crippen LogP contribution >= 0.6 is 0 Å². The van der Waals surface area contributed by atoms with Crippen molar-refractivity contribution in [2.75, 3.05) is 52.3 Å². The number of aliphatic hydroxyl groups is 3. The molecule has 1 aliphatic carbocycles. The van der Waals surface area contributed by atoms with Gasteiger partial charge in [-0.05, 0) is 91.9 Å². The number of amides is 1. The van der Waals surface area contributed by atoms with Gasteiger partial charge in [0.25, 0.3) is 5.91 Å². The van der Waals surface area contributed by atoms with Crippen molar-refractivity contribution in [3.8, 4) is 5.75 Å². The maximum absolute atomic E-state index is 13.8. The smallest absolute Gasteiger partial charge is 0.313 e. The molecule has 1 spiro atoms. The second-order valence-corrected chi connectivity index (χ2v) is 16.2. The third-order valence-electron chi connectivity index (χ3n) is 13.8. The number of hydrogen-bond donors (Lipinski definition) is 5. The van der Waals surface area contributed by atoms with E-state index in [1.165, 1.54) is 25.2 Å². The summed E-state index contributed by atoms with van der Waals surface area (Å²) in [5.41, 5.74) is 8.43. The summed E-state index contributed by atoms with van der Waals surface area (Å²) in [5, 5.41) is 44.5. The molecular formula is C42H55N7O7. The number of nitrogens with one attached hydrogen (secondary N) is 2. The molecule has 1 saturated heterocycles. The van der Waals surface area contributed by atoms with Crippen LogP contribution in [0.25, 0.3) is 21.3 Å². The van der Waals surface area contributed by atoms with Gasteiger partial charge in [-0.1, -0.05) is 44.2 Å². The predicted octanol–water partition coefficient (Wildman–Crippen LogP) is 4.62. The summed E-state index contributed by atoms with van der Waals surface area (Å²) >= 11 is 0. The lowest BCUT2D eigenvalue weighted by atomic mass is 9.47. The van der Waals surface area contributed by atoms with Gasteiger partial charge >= 0.3 is 5.97 Å². The minimum absolute atomic E-state index is 0.311. The number of carbonyl (C=O) groups excluding carboxylic acids is 2. The Labute approximate surface area is 327 Å². The van der Waals surface area contributed by atoms with E-state index in [0.29, 0.717) is 81.7 Å². The van der Waals surface area contributed by atoms with Gasteiger partial charge < -0.3 is 40.0 Å². The van der Waals surface area contributed by atoms with Crippen LogP contribution in [-0.4, -0.2) is 114 Å². The van der Waals surface area contributed by atoms with Crippen LogP contribution in [-0.2, 0) is 26.2 Å². The SMILES string of the molecule is CCC(O)(CCC[C@H](C(=O)OC)c1cc2c(cc1OC)N(C)[C@H]1[C@@](O)(C(=O)N=[N+]=[N-])[C@H](O)[C@]3(CC)C=CCN4CC[C@]21[C@@H]43)CNCCc1c[nH]c2ccccc12. The van der Waals surface area contributed by atoms with Crippen LogP contribution in [0.1, 0.15) is 75.0 Å². The fourth-order valence-corrected chi connectivity index (χ4v) is 11.1. The number of nitrogens with zero attached hydrogens (tertiary/aromatic N) is 5. The number of carbonyl (C=O) groups is 2. The van der Waals surface area contributed by atoms with E-state index in [1.807, 2.05) is 61.4 Å². The first-order valence-corrected chi connectivity index (χ1v) is 19.8. The number of aliphatic hydroxyl groups excluding tert-OH is 1. The molecule has 14 nitrogen and oxygen atoms in total. The van der Waals surface area contributed by atoms with E-state index in [4.69, 9.17) is 9.47 Å². The summed E-state index contributed by atoms with van der Waals surface area (Å²) in [5.74, 6) is -1.87. The lowest BCUT2D eigenvalue weighted by molar-refractivity contribution is -0.201. The van der Waals surface area contributed by atoms with Crippen LogP contribution in [0, 0.1) is 5.41 Å². The number of methoxy groups -OCH3 is 2. The maximum atomic E-state index is 13.8. The second-order valence-electron chi connectivity index (χ2n) is 16.2. The first-order chi connectivity index (χ1) is 26.9. The molecule has 2 aromatic carbocycles. The number of aromatic amines is 1.